The molecular formula is C43H69N2+. The van der Waals surface area contributed by atoms with E-state index in [-0.39, 0.29) is 0 Å². The minimum absolute atomic E-state index is 0.517. The van der Waals surface area contributed by atoms with Crippen molar-refractivity contribution in [3.63, 3.8) is 0 Å². The first-order valence-electron chi connectivity index (χ1n) is 19.4. The zero-order valence-corrected chi connectivity index (χ0v) is 29.8. The summed E-state index contributed by atoms with van der Waals surface area (Å²) in [4.78, 5) is 0. The van der Waals surface area contributed by atoms with Gasteiger partial charge in [0.1, 0.15) is 11.9 Å². The Kier molecular flexibility index (Phi) is 19.7. The number of imidazole rings is 1. The molecule has 0 aliphatic heterocycles. The smallest absolute Gasteiger partial charge is 0.234 e. The Bertz CT molecular complexity index is 1100. The summed E-state index contributed by atoms with van der Waals surface area (Å²) >= 11 is 0. The fourth-order valence-corrected chi connectivity index (χ4v) is 6.99. The van der Waals surface area contributed by atoms with Crippen molar-refractivity contribution in [3.8, 4) is 0 Å². The summed E-state index contributed by atoms with van der Waals surface area (Å²) in [5.41, 5.74) is 4.40. The van der Waals surface area contributed by atoms with Gasteiger partial charge in [0.2, 0.25) is 0 Å². The zero-order chi connectivity index (χ0) is 31.8. The fourth-order valence-electron chi connectivity index (χ4n) is 6.99. The SMILES string of the molecule is CCCCCCCCCCCCCCCCCCn1c(CC(C)c2ccccc2)c[n+](CCCCCC)c1Cc1ccccc1. The number of aryl methyl sites for hydroxylation is 1. The number of benzene rings is 2. The molecule has 2 aromatic carbocycles. The van der Waals surface area contributed by atoms with E-state index < -0.39 is 0 Å². The second-order valence-electron chi connectivity index (χ2n) is 13.9. The van der Waals surface area contributed by atoms with Crippen LogP contribution in [0, 0.1) is 0 Å². The Labute approximate surface area is 279 Å². The lowest BCUT2D eigenvalue weighted by atomic mass is 9.96. The van der Waals surface area contributed by atoms with Crippen molar-refractivity contribution in [1.82, 2.24) is 4.57 Å². The van der Waals surface area contributed by atoms with Gasteiger partial charge < -0.3 is 0 Å². The number of aromatic nitrogens is 2. The third-order valence-electron chi connectivity index (χ3n) is 9.87. The van der Waals surface area contributed by atoms with E-state index in [1.54, 1.807) is 0 Å². The van der Waals surface area contributed by atoms with Crippen LogP contribution in [-0.2, 0) is 25.9 Å². The van der Waals surface area contributed by atoms with Crippen molar-refractivity contribution in [3.05, 3.63) is 89.5 Å². The predicted molar refractivity (Wildman–Crippen MR) is 196 cm³/mol. The Balaban J connectivity index is 1.51. The van der Waals surface area contributed by atoms with Gasteiger partial charge in [-0.05, 0) is 42.7 Å². The molecule has 3 aromatic rings. The van der Waals surface area contributed by atoms with E-state index in [1.807, 2.05) is 0 Å². The second kappa shape index (κ2) is 23.9. The maximum absolute atomic E-state index is 2.73. The van der Waals surface area contributed by atoms with Crippen LogP contribution in [0.5, 0.6) is 0 Å². The minimum Gasteiger partial charge on any atom is -0.234 e. The van der Waals surface area contributed by atoms with Crippen LogP contribution >= 0.6 is 0 Å². The molecule has 1 heterocycles. The largest absolute Gasteiger partial charge is 0.261 e. The second-order valence-corrected chi connectivity index (χ2v) is 13.9. The van der Waals surface area contributed by atoms with Gasteiger partial charge in [-0.25, -0.2) is 9.13 Å². The minimum atomic E-state index is 0.517. The van der Waals surface area contributed by atoms with Gasteiger partial charge in [0.25, 0.3) is 5.82 Å². The molecule has 0 spiro atoms. The molecule has 0 N–H and O–H groups in total. The Morgan fingerprint density at radius 3 is 1.56 bits per heavy atom. The summed E-state index contributed by atoms with van der Waals surface area (Å²) in [7, 11) is 0. The molecule has 250 valence electrons. The highest BCUT2D eigenvalue weighted by molar-refractivity contribution is 5.22. The first-order valence-corrected chi connectivity index (χ1v) is 19.4. The average molecular weight is 614 g/mol. The molecule has 0 radical (unpaired) electrons. The van der Waals surface area contributed by atoms with Gasteiger partial charge in [-0.15, -0.1) is 0 Å². The molecule has 0 aliphatic carbocycles. The average Bonchev–Trinajstić information content (AvgIpc) is 3.38. The molecule has 0 saturated carbocycles. The normalized spacial score (nSPS) is 12.2. The lowest BCUT2D eigenvalue weighted by molar-refractivity contribution is -0.704. The van der Waals surface area contributed by atoms with Crippen LogP contribution in [0.1, 0.15) is 178 Å². The summed E-state index contributed by atoms with van der Waals surface area (Å²) in [5, 5.41) is 0. The van der Waals surface area contributed by atoms with E-state index in [2.05, 4.69) is 96.8 Å². The van der Waals surface area contributed by atoms with Crippen LogP contribution in [0.2, 0.25) is 0 Å². The lowest BCUT2D eigenvalue weighted by Gasteiger charge is -2.12. The summed E-state index contributed by atoms with van der Waals surface area (Å²) < 4.78 is 5.36. The third kappa shape index (κ3) is 15.2. The molecule has 1 atom stereocenters. The Hall–Kier alpha value is -2.35. The van der Waals surface area contributed by atoms with E-state index >= 15 is 0 Å². The summed E-state index contributed by atoms with van der Waals surface area (Å²) in [6, 6.07) is 22.3. The number of hydrogen-bond donors (Lipinski definition) is 0. The van der Waals surface area contributed by atoms with Crippen molar-refractivity contribution < 1.29 is 4.57 Å². The van der Waals surface area contributed by atoms with Crippen LogP contribution in [0.4, 0.5) is 0 Å². The van der Waals surface area contributed by atoms with Crippen LogP contribution in [-0.4, -0.2) is 4.57 Å². The van der Waals surface area contributed by atoms with E-state index in [0.29, 0.717) is 5.92 Å². The van der Waals surface area contributed by atoms with Gasteiger partial charge in [-0.3, -0.25) is 0 Å². The van der Waals surface area contributed by atoms with Crippen molar-refractivity contribution >= 4 is 0 Å². The van der Waals surface area contributed by atoms with Gasteiger partial charge in [0, 0.05) is 6.42 Å². The van der Waals surface area contributed by atoms with Crippen LogP contribution in [0.15, 0.2) is 66.9 Å². The van der Waals surface area contributed by atoms with Crippen LogP contribution < -0.4 is 4.57 Å². The molecule has 0 bridgehead atoms. The number of unbranched alkanes of at least 4 members (excludes halogenated alkanes) is 18. The quantitative estimate of drug-likeness (QED) is 0.0597. The molecule has 2 heteroatoms. The van der Waals surface area contributed by atoms with Gasteiger partial charge in [0.05, 0.1) is 19.5 Å². The number of hydrogen-bond acceptors (Lipinski definition) is 0. The monoisotopic (exact) mass is 614 g/mol. The maximum atomic E-state index is 2.73. The molecular weight excluding hydrogens is 544 g/mol. The molecule has 45 heavy (non-hydrogen) atoms. The first kappa shape index (κ1) is 37.1. The van der Waals surface area contributed by atoms with Crippen molar-refractivity contribution in [1.29, 1.82) is 0 Å². The van der Waals surface area contributed by atoms with E-state index in [0.717, 1.165) is 25.9 Å². The predicted octanol–water partition coefficient (Wildman–Crippen LogP) is 12.6. The van der Waals surface area contributed by atoms with Gasteiger partial charge in [-0.1, -0.05) is 184 Å². The Morgan fingerprint density at radius 1 is 0.556 bits per heavy atom. The van der Waals surface area contributed by atoms with E-state index in [1.165, 1.54) is 151 Å². The van der Waals surface area contributed by atoms with Crippen LogP contribution in [0.25, 0.3) is 0 Å². The first-order chi connectivity index (χ1) is 22.2. The summed E-state index contributed by atoms with van der Waals surface area (Å²) in [6.07, 6.45) is 32.6. The van der Waals surface area contributed by atoms with Crippen molar-refractivity contribution in [2.24, 2.45) is 0 Å². The maximum Gasteiger partial charge on any atom is 0.261 e. The van der Waals surface area contributed by atoms with Gasteiger partial charge in [0.15, 0.2) is 0 Å². The van der Waals surface area contributed by atoms with Crippen LogP contribution in [0.3, 0.4) is 0 Å². The van der Waals surface area contributed by atoms with Gasteiger partial charge >= 0.3 is 0 Å². The third-order valence-corrected chi connectivity index (χ3v) is 9.87. The topological polar surface area (TPSA) is 8.81 Å². The molecule has 2 nitrogen and oxygen atoms in total. The molecule has 0 aliphatic rings. The standard InChI is InChI=1S/C43H69N2/c1-4-6-8-10-11-12-13-14-15-16-17-18-19-20-21-29-35-45-42(36-39(3)41-32-26-23-27-33-41)38-44(34-28-9-7-5-2)43(45)37-40-30-24-22-25-31-40/h22-27,30-33,38-39H,4-21,28-29,34-37H2,1-3H3/q+1. The molecule has 0 amide bonds. The lowest BCUT2D eigenvalue weighted by Crippen LogP contribution is -2.37. The molecule has 0 saturated heterocycles. The molecule has 1 unspecified atom stereocenters. The number of nitrogens with zero attached hydrogens (tertiary/aromatic N) is 2. The highest BCUT2D eigenvalue weighted by atomic mass is 15.2. The molecule has 1 aromatic heterocycles. The van der Waals surface area contributed by atoms with Gasteiger partial charge in [-0.2, -0.15) is 0 Å². The van der Waals surface area contributed by atoms with E-state index in [4.69, 9.17) is 0 Å². The number of rotatable bonds is 27. The molecule has 0 fully saturated rings. The highest BCUT2D eigenvalue weighted by Crippen LogP contribution is 2.23. The van der Waals surface area contributed by atoms with Crippen molar-refractivity contribution in [2.75, 3.05) is 0 Å². The molecule has 3 rings (SSSR count). The summed E-state index contributed by atoms with van der Waals surface area (Å²) in [5.74, 6) is 2.03. The highest BCUT2D eigenvalue weighted by Gasteiger charge is 2.25. The fraction of sp³-hybridized carbons (Fsp3) is 0.651. The Morgan fingerprint density at radius 2 is 1.02 bits per heavy atom. The van der Waals surface area contributed by atoms with E-state index in [9.17, 15) is 0 Å². The summed E-state index contributed by atoms with van der Waals surface area (Å²) in [6.45, 7) is 9.32. The van der Waals surface area contributed by atoms with Crippen molar-refractivity contribution in [2.45, 2.75) is 181 Å². The zero-order valence-electron chi connectivity index (χ0n) is 29.8.